The Morgan fingerprint density at radius 3 is 1.67 bits per heavy atom. The van der Waals surface area contributed by atoms with E-state index in [4.69, 9.17) is 5.73 Å². The van der Waals surface area contributed by atoms with Gasteiger partial charge in [-0.2, -0.15) is 0 Å². The molecule has 0 aromatic heterocycles. The summed E-state index contributed by atoms with van der Waals surface area (Å²) in [6, 6.07) is -0.105. The first-order valence-electron chi connectivity index (χ1n) is 6.54. The van der Waals surface area contributed by atoms with Gasteiger partial charge in [0.2, 0.25) is 0 Å². The molecule has 0 saturated heterocycles. The summed E-state index contributed by atoms with van der Waals surface area (Å²) in [5, 5.41) is 10.4. The minimum atomic E-state index is -0.621. The molecule has 92 valence electrons. The summed E-state index contributed by atoms with van der Waals surface area (Å²) in [6.45, 7) is 6.29. The molecule has 0 aliphatic carbocycles. The van der Waals surface area contributed by atoms with Crippen LogP contribution in [0.1, 0.15) is 72.1 Å². The fraction of sp³-hybridized carbons (Fsp3) is 1.00. The Morgan fingerprint density at radius 2 is 1.40 bits per heavy atom. The van der Waals surface area contributed by atoms with Crippen LogP contribution in [-0.2, 0) is 0 Å². The van der Waals surface area contributed by atoms with Crippen LogP contribution in [-0.4, -0.2) is 16.7 Å². The summed E-state index contributed by atoms with van der Waals surface area (Å²) in [5.41, 5.74) is 5.26. The van der Waals surface area contributed by atoms with Crippen LogP contribution in [0.3, 0.4) is 0 Å². The van der Waals surface area contributed by atoms with Crippen molar-refractivity contribution in [2.45, 2.75) is 83.8 Å². The Balaban J connectivity index is 3.95. The predicted octanol–water partition coefficient (Wildman–Crippen LogP) is 3.23. The normalized spacial score (nSPS) is 14.2. The van der Waals surface area contributed by atoms with E-state index in [0.29, 0.717) is 0 Å². The molecule has 0 fully saturated rings. The number of hydrogen-bond acceptors (Lipinski definition) is 2. The Kier molecular flexibility index (Phi) is 8.07. The van der Waals surface area contributed by atoms with Crippen LogP contribution in [0.5, 0.6) is 0 Å². The van der Waals surface area contributed by atoms with Gasteiger partial charge in [0.05, 0.1) is 5.60 Å². The highest BCUT2D eigenvalue weighted by atomic mass is 16.3. The SMILES string of the molecule is CCCCCC(O)(CCCCC)C(C)N. The quantitative estimate of drug-likeness (QED) is 0.580. The molecule has 3 N–H and O–H groups in total. The lowest BCUT2D eigenvalue weighted by atomic mass is 9.85. The van der Waals surface area contributed by atoms with Crippen LogP contribution in [0, 0.1) is 0 Å². The van der Waals surface area contributed by atoms with Gasteiger partial charge in [-0.1, -0.05) is 52.4 Å². The molecule has 0 aromatic rings. The van der Waals surface area contributed by atoms with Crippen LogP contribution < -0.4 is 5.73 Å². The van der Waals surface area contributed by atoms with Crippen LogP contribution in [0.25, 0.3) is 0 Å². The molecule has 0 rings (SSSR count). The van der Waals surface area contributed by atoms with Crippen LogP contribution in [0.4, 0.5) is 0 Å². The lowest BCUT2D eigenvalue weighted by molar-refractivity contribution is -0.00155. The highest BCUT2D eigenvalue weighted by molar-refractivity contribution is 4.86. The lowest BCUT2D eigenvalue weighted by Crippen LogP contribution is -2.46. The Bertz CT molecular complexity index is 135. The molecule has 0 aliphatic rings. The maximum Gasteiger partial charge on any atom is 0.0795 e. The van der Waals surface area contributed by atoms with Crippen molar-refractivity contribution < 1.29 is 5.11 Å². The molecule has 0 bridgehead atoms. The molecule has 2 nitrogen and oxygen atoms in total. The van der Waals surface area contributed by atoms with E-state index in [0.717, 1.165) is 25.7 Å². The third-order valence-electron chi connectivity index (χ3n) is 3.27. The summed E-state index contributed by atoms with van der Waals surface area (Å²) in [5.74, 6) is 0. The van der Waals surface area contributed by atoms with Gasteiger partial charge in [-0.3, -0.25) is 0 Å². The van der Waals surface area contributed by atoms with E-state index >= 15 is 0 Å². The average Bonchev–Trinajstić information content (AvgIpc) is 2.18. The molecule has 0 spiro atoms. The summed E-state index contributed by atoms with van der Waals surface area (Å²) in [7, 11) is 0. The maximum absolute atomic E-state index is 10.4. The topological polar surface area (TPSA) is 46.2 Å². The van der Waals surface area contributed by atoms with Crippen molar-refractivity contribution >= 4 is 0 Å². The first-order chi connectivity index (χ1) is 7.06. The van der Waals surface area contributed by atoms with Crippen molar-refractivity contribution in [3.8, 4) is 0 Å². The van der Waals surface area contributed by atoms with Crippen molar-refractivity contribution in [2.24, 2.45) is 5.73 Å². The van der Waals surface area contributed by atoms with Crippen molar-refractivity contribution in [3.63, 3.8) is 0 Å². The largest absolute Gasteiger partial charge is 0.388 e. The molecule has 1 unspecified atom stereocenters. The standard InChI is InChI=1S/C13H29NO/c1-4-6-8-10-13(15,12(3)14)11-9-7-5-2/h12,15H,4-11,14H2,1-3H3. The molecular formula is C13H29NO. The van der Waals surface area contributed by atoms with E-state index in [2.05, 4.69) is 13.8 Å². The Morgan fingerprint density at radius 1 is 1.00 bits per heavy atom. The van der Waals surface area contributed by atoms with Gasteiger partial charge in [0.15, 0.2) is 0 Å². The summed E-state index contributed by atoms with van der Waals surface area (Å²) in [4.78, 5) is 0. The number of aliphatic hydroxyl groups is 1. The van der Waals surface area contributed by atoms with Crippen molar-refractivity contribution in [3.05, 3.63) is 0 Å². The molecule has 0 amide bonds. The number of hydrogen-bond donors (Lipinski definition) is 2. The maximum atomic E-state index is 10.4. The molecule has 0 heterocycles. The average molecular weight is 215 g/mol. The van der Waals surface area contributed by atoms with Crippen molar-refractivity contribution in [1.29, 1.82) is 0 Å². The van der Waals surface area contributed by atoms with E-state index in [1.807, 2.05) is 6.92 Å². The lowest BCUT2D eigenvalue weighted by Gasteiger charge is -2.32. The predicted molar refractivity (Wildman–Crippen MR) is 66.9 cm³/mol. The molecule has 0 aliphatic heterocycles. The molecular weight excluding hydrogens is 186 g/mol. The molecule has 1 atom stereocenters. The molecule has 15 heavy (non-hydrogen) atoms. The third-order valence-corrected chi connectivity index (χ3v) is 3.27. The fourth-order valence-corrected chi connectivity index (χ4v) is 1.94. The van der Waals surface area contributed by atoms with E-state index in [1.165, 1.54) is 25.7 Å². The van der Waals surface area contributed by atoms with Gasteiger partial charge in [0.1, 0.15) is 0 Å². The second-order valence-corrected chi connectivity index (χ2v) is 4.81. The van der Waals surface area contributed by atoms with Crippen molar-refractivity contribution in [2.75, 3.05) is 0 Å². The fourth-order valence-electron chi connectivity index (χ4n) is 1.94. The Hall–Kier alpha value is -0.0800. The molecule has 0 aromatic carbocycles. The zero-order valence-electron chi connectivity index (χ0n) is 10.8. The Labute approximate surface area is 95.3 Å². The minimum Gasteiger partial charge on any atom is -0.388 e. The smallest absolute Gasteiger partial charge is 0.0795 e. The first kappa shape index (κ1) is 14.9. The van der Waals surface area contributed by atoms with Gasteiger partial charge >= 0.3 is 0 Å². The van der Waals surface area contributed by atoms with Gasteiger partial charge in [-0.25, -0.2) is 0 Å². The van der Waals surface area contributed by atoms with Crippen molar-refractivity contribution in [1.82, 2.24) is 0 Å². The molecule has 0 saturated carbocycles. The molecule has 2 heteroatoms. The summed E-state index contributed by atoms with van der Waals surface area (Å²) in [6.07, 6.45) is 8.71. The van der Waals surface area contributed by atoms with Crippen LogP contribution in [0.15, 0.2) is 0 Å². The second-order valence-electron chi connectivity index (χ2n) is 4.81. The van der Waals surface area contributed by atoms with Gasteiger partial charge in [0, 0.05) is 6.04 Å². The molecule has 0 radical (unpaired) electrons. The minimum absolute atomic E-state index is 0.105. The van der Waals surface area contributed by atoms with E-state index in [9.17, 15) is 5.11 Å². The van der Waals surface area contributed by atoms with E-state index < -0.39 is 5.60 Å². The van der Waals surface area contributed by atoms with Gasteiger partial charge in [0.25, 0.3) is 0 Å². The zero-order chi connectivity index (χ0) is 11.7. The number of unbranched alkanes of at least 4 members (excludes halogenated alkanes) is 4. The number of rotatable bonds is 9. The number of nitrogens with two attached hydrogens (primary N) is 1. The second kappa shape index (κ2) is 8.12. The van der Waals surface area contributed by atoms with Gasteiger partial charge in [-0.15, -0.1) is 0 Å². The van der Waals surface area contributed by atoms with Crippen LogP contribution >= 0.6 is 0 Å². The first-order valence-corrected chi connectivity index (χ1v) is 6.54. The summed E-state index contributed by atoms with van der Waals surface area (Å²) >= 11 is 0. The summed E-state index contributed by atoms with van der Waals surface area (Å²) < 4.78 is 0. The van der Waals surface area contributed by atoms with E-state index in [1.54, 1.807) is 0 Å². The van der Waals surface area contributed by atoms with Crippen LogP contribution in [0.2, 0.25) is 0 Å². The third kappa shape index (κ3) is 6.16. The van der Waals surface area contributed by atoms with Gasteiger partial charge < -0.3 is 10.8 Å². The zero-order valence-corrected chi connectivity index (χ0v) is 10.8. The highest BCUT2D eigenvalue weighted by Gasteiger charge is 2.29. The van der Waals surface area contributed by atoms with Gasteiger partial charge in [-0.05, 0) is 19.8 Å². The van der Waals surface area contributed by atoms with E-state index in [-0.39, 0.29) is 6.04 Å². The monoisotopic (exact) mass is 215 g/mol. The highest BCUT2D eigenvalue weighted by Crippen LogP contribution is 2.24.